The second-order valence-corrected chi connectivity index (χ2v) is 10.4. The average Bonchev–Trinajstić information content (AvgIpc) is 3.30. The Morgan fingerprint density at radius 1 is 1.11 bits per heavy atom. The van der Waals surface area contributed by atoms with Crippen molar-refractivity contribution in [3.8, 4) is 28.8 Å². The van der Waals surface area contributed by atoms with E-state index in [9.17, 15) is 10.1 Å². The summed E-state index contributed by atoms with van der Waals surface area (Å²) in [7, 11) is 0. The molecule has 0 N–H and O–H groups in total. The number of hydrogen-bond acceptors (Lipinski definition) is 5. The topological polar surface area (TPSA) is 75.4 Å². The maximum Gasteiger partial charge on any atom is 0.410 e. The van der Waals surface area contributed by atoms with Crippen LogP contribution in [0.15, 0.2) is 54.6 Å². The fourth-order valence-corrected chi connectivity index (χ4v) is 4.80. The van der Waals surface area contributed by atoms with Gasteiger partial charge in [0.2, 0.25) is 0 Å². The molecule has 1 aliphatic heterocycles. The van der Waals surface area contributed by atoms with E-state index in [-0.39, 0.29) is 27.9 Å². The Hall–Kier alpha value is -3.27. The number of hydrogen-bond donors (Lipinski definition) is 0. The van der Waals surface area contributed by atoms with Crippen molar-refractivity contribution in [1.29, 1.82) is 5.26 Å². The van der Waals surface area contributed by atoms with Gasteiger partial charge in [0.15, 0.2) is 0 Å². The third kappa shape index (κ3) is 5.92. The first kappa shape index (κ1) is 25.8. The number of nitriles is 1. The molecule has 6 nitrogen and oxygen atoms in total. The zero-order valence-corrected chi connectivity index (χ0v) is 21.9. The molecule has 36 heavy (non-hydrogen) atoms. The summed E-state index contributed by atoms with van der Waals surface area (Å²) in [5, 5.41) is 10.4. The van der Waals surface area contributed by atoms with Crippen LogP contribution in [0.4, 0.5) is 4.79 Å². The smallest absolute Gasteiger partial charge is 0.410 e. The van der Waals surface area contributed by atoms with E-state index in [2.05, 4.69) is 11.1 Å². The first-order valence-corrected chi connectivity index (χ1v) is 12.5. The molecule has 1 atom stereocenters. The SMILES string of the molecule is CC(C)(C)OC(=O)N1CCCC1Cc1c(Cl)nc(-c2ccc(Oc3ccccc3)cc2)c(C#N)c1Cl. The van der Waals surface area contributed by atoms with Crippen LogP contribution in [0.2, 0.25) is 10.2 Å². The van der Waals surface area contributed by atoms with Crippen LogP contribution in [-0.4, -0.2) is 34.2 Å². The Morgan fingerprint density at radius 3 is 2.42 bits per heavy atom. The van der Waals surface area contributed by atoms with Gasteiger partial charge in [-0.05, 0) is 76.4 Å². The van der Waals surface area contributed by atoms with Crippen LogP contribution in [0.1, 0.15) is 44.7 Å². The highest BCUT2D eigenvalue weighted by Crippen LogP contribution is 2.37. The Bertz CT molecular complexity index is 1280. The van der Waals surface area contributed by atoms with Gasteiger partial charge in [-0.3, -0.25) is 0 Å². The van der Waals surface area contributed by atoms with E-state index in [4.69, 9.17) is 32.7 Å². The Labute approximate surface area is 221 Å². The van der Waals surface area contributed by atoms with Gasteiger partial charge in [0.1, 0.15) is 28.3 Å². The Kier molecular flexibility index (Phi) is 7.73. The number of likely N-dealkylation sites (tertiary alicyclic amines) is 1. The van der Waals surface area contributed by atoms with Crippen LogP contribution in [0.25, 0.3) is 11.3 Å². The molecule has 1 fully saturated rings. The lowest BCUT2D eigenvalue weighted by Crippen LogP contribution is -2.40. The molecule has 1 unspecified atom stereocenters. The molecular weight excluding hydrogens is 497 g/mol. The van der Waals surface area contributed by atoms with Gasteiger partial charge in [-0.15, -0.1) is 0 Å². The van der Waals surface area contributed by atoms with Gasteiger partial charge < -0.3 is 14.4 Å². The van der Waals surface area contributed by atoms with Crippen molar-refractivity contribution >= 4 is 29.3 Å². The summed E-state index contributed by atoms with van der Waals surface area (Å²) >= 11 is 13.3. The van der Waals surface area contributed by atoms with E-state index in [0.717, 1.165) is 18.6 Å². The molecule has 0 spiro atoms. The lowest BCUT2D eigenvalue weighted by molar-refractivity contribution is 0.0226. The molecule has 1 aliphatic rings. The maximum atomic E-state index is 12.7. The van der Waals surface area contributed by atoms with E-state index in [1.54, 1.807) is 17.0 Å². The normalized spacial score (nSPS) is 15.4. The van der Waals surface area contributed by atoms with Gasteiger partial charge in [-0.2, -0.15) is 5.26 Å². The molecule has 0 aliphatic carbocycles. The highest BCUT2D eigenvalue weighted by Gasteiger charge is 2.33. The molecule has 1 saturated heterocycles. The summed E-state index contributed by atoms with van der Waals surface area (Å²) in [6.07, 6.45) is 1.68. The summed E-state index contributed by atoms with van der Waals surface area (Å²) in [6, 6.07) is 18.7. The number of benzene rings is 2. The summed E-state index contributed by atoms with van der Waals surface area (Å²) in [6.45, 7) is 6.12. The summed E-state index contributed by atoms with van der Waals surface area (Å²) in [5.41, 5.74) is 1.31. The average molecular weight is 524 g/mol. The van der Waals surface area contributed by atoms with Crippen molar-refractivity contribution < 1.29 is 14.3 Å². The molecule has 0 radical (unpaired) electrons. The predicted molar refractivity (Wildman–Crippen MR) is 141 cm³/mol. The molecule has 8 heteroatoms. The zero-order chi connectivity index (χ0) is 25.9. The van der Waals surface area contributed by atoms with Crippen LogP contribution < -0.4 is 4.74 Å². The largest absolute Gasteiger partial charge is 0.457 e. The highest BCUT2D eigenvalue weighted by molar-refractivity contribution is 6.36. The van der Waals surface area contributed by atoms with E-state index in [1.807, 2.05) is 63.2 Å². The number of pyridine rings is 1. The van der Waals surface area contributed by atoms with Crippen LogP contribution in [0, 0.1) is 11.3 Å². The molecule has 4 rings (SSSR count). The molecule has 1 amide bonds. The van der Waals surface area contributed by atoms with E-state index >= 15 is 0 Å². The van der Waals surface area contributed by atoms with E-state index < -0.39 is 5.60 Å². The van der Waals surface area contributed by atoms with Crippen LogP contribution in [0.5, 0.6) is 11.5 Å². The highest BCUT2D eigenvalue weighted by atomic mass is 35.5. The zero-order valence-electron chi connectivity index (χ0n) is 20.4. The molecule has 3 aromatic rings. The van der Waals surface area contributed by atoms with Crippen molar-refractivity contribution in [2.24, 2.45) is 0 Å². The van der Waals surface area contributed by atoms with Crippen LogP contribution in [0.3, 0.4) is 0 Å². The minimum absolute atomic E-state index is 0.136. The quantitative estimate of drug-likeness (QED) is 0.320. The number of para-hydroxylation sites is 1. The molecule has 0 saturated carbocycles. The first-order chi connectivity index (χ1) is 17.2. The fraction of sp³-hybridized carbons (Fsp3) is 0.321. The number of rotatable bonds is 5. The van der Waals surface area contributed by atoms with Gasteiger partial charge in [-0.25, -0.2) is 9.78 Å². The molecule has 2 aromatic carbocycles. The number of aromatic nitrogens is 1. The minimum Gasteiger partial charge on any atom is -0.457 e. The molecule has 2 heterocycles. The maximum absolute atomic E-state index is 12.7. The minimum atomic E-state index is -0.585. The van der Waals surface area contributed by atoms with Crippen LogP contribution in [-0.2, 0) is 11.2 Å². The number of carbonyl (C=O) groups is 1. The second kappa shape index (κ2) is 10.8. The predicted octanol–water partition coefficient (Wildman–Crippen LogP) is 7.66. The van der Waals surface area contributed by atoms with Gasteiger partial charge in [0.05, 0.1) is 16.3 Å². The number of halogens is 2. The summed E-state index contributed by atoms with van der Waals surface area (Å²) < 4.78 is 11.4. The summed E-state index contributed by atoms with van der Waals surface area (Å²) in [4.78, 5) is 19.0. The van der Waals surface area contributed by atoms with Crippen molar-refractivity contribution in [3.63, 3.8) is 0 Å². The number of carbonyl (C=O) groups excluding carboxylic acids is 1. The summed E-state index contributed by atoms with van der Waals surface area (Å²) in [5.74, 6) is 1.38. The number of amides is 1. The van der Waals surface area contributed by atoms with Crippen molar-refractivity contribution in [3.05, 3.63) is 75.9 Å². The molecule has 1 aromatic heterocycles. The van der Waals surface area contributed by atoms with E-state index in [1.165, 1.54) is 0 Å². The third-order valence-electron chi connectivity index (χ3n) is 5.84. The van der Waals surface area contributed by atoms with Crippen molar-refractivity contribution in [2.75, 3.05) is 6.54 Å². The monoisotopic (exact) mass is 523 g/mol. The molecule has 0 bridgehead atoms. The van der Waals surface area contributed by atoms with Crippen molar-refractivity contribution in [2.45, 2.75) is 51.7 Å². The lowest BCUT2D eigenvalue weighted by Gasteiger charge is -2.29. The van der Waals surface area contributed by atoms with Crippen molar-refractivity contribution in [1.82, 2.24) is 9.88 Å². The molecular formula is C28H27Cl2N3O3. The third-order valence-corrected chi connectivity index (χ3v) is 6.57. The first-order valence-electron chi connectivity index (χ1n) is 11.8. The Morgan fingerprint density at radius 2 is 1.78 bits per heavy atom. The van der Waals surface area contributed by atoms with Gasteiger partial charge >= 0.3 is 6.09 Å². The number of nitrogens with zero attached hydrogens (tertiary/aromatic N) is 3. The van der Waals surface area contributed by atoms with Gasteiger partial charge in [-0.1, -0.05) is 41.4 Å². The van der Waals surface area contributed by atoms with Gasteiger partial charge in [0, 0.05) is 23.7 Å². The standard InChI is InChI=1S/C28H27Cl2N3O3/c1-28(2,3)36-27(34)33-15-7-8-19(33)16-22-24(29)23(17-31)25(32-26(22)30)18-11-13-21(14-12-18)35-20-9-5-4-6-10-20/h4-6,9-14,19H,7-8,15-16H2,1-3H3. The Balaban J connectivity index is 1.58. The second-order valence-electron chi connectivity index (χ2n) is 9.64. The van der Waals surface area contributed by atoms with Gasteiger partial charge in [0.25, 0.3) is 0 Å². The molecule has 186 valence electrons. The van der Waals surface area contributed by atoms with Crippen LogP contribution >= 0.6 is 23.2 Å². The van der Waals surface area contributed by atoms with E-state index in [0.29, 0.717) is 35.5 Å². The number of ether oxygens (including phenoxy) is 2. The lowest BCUT2D eigenvalue weighted by atomic mass is 10.00. The fourth-order valence-electron chi connectivity index (χ4n) is 4.20.